The first-order valence-electron chi connectivity index (χ1n) is 7.47. The van der Waals surface area contributed by atoms with Gasteiger partial charge in [-0.1, -0.05) is 29.8 Å². The normalized spacial score (nSPS) is 12.5. The SMILES string of the molecule is CN(C)[C@@H](CNC(=O)c1ccc2nsnc2c1)c1ccccc1Cl. The second kappa shape index (κ2) is 7.25. The lowest BCUT2D eigenvalue weighted by Crippen LogP contribution is -2.34. The quantitative estimate of drug-likeness (QED) is 0.757. The van der Waals surface area contributed by atoms with Gasteiger partial charge < -0.3 is 10.2 Å². The van der Waals surface area contributed by atoms with Gasteiger partial charge in [0.15, 0.2) is 0 Å². The smallest absolute Gasteiger partial charge is 0.251 e. The van der Waals surface area contributed by atoms with Crippen LogP contribution in [-0.4, -0.2) is 40.2 Å². The molecule has 1 heterocycles. The third kappa shape index (κ3) is 3.56. The number of likely N-dealkylation sites (N-methyl/N-ethyl adjacent to an activating group) is 1. The van der Waals surface area contributed by atoms with Crippen molar-refractivity contribution < 1.29 is 4.79 Å². The van der Waals surface area contributed by atoms with E-state index in [2.05, 4.69) is 14.1 Å². The van der Waals surface area contributed by atoms with Crippen LogP contribution in [0.3, 0.4) is 0 Å². The first-order valence-corrected chi connectivity index (χ1v) is 8.58. The summed E-state index contributed by atoms with van der Waals surface area (Å²) >= 11 is 7.44. The van der Waals surface area contributed by atoms with E-state index in [9.17, 15) is 4.79 Å². The highest BCUT2D eigenvalue weighted by Crippen LogP contribution is 2.25. The Bertz CT molecular complexity index is 864. The number of nitrogens with zero attached hydrogens (tertiary/aromatic N) is 3. The molecular formula is C17H17ClN4OS. The Kier molecular flexibility index (Phi) is 5.08. The Balaban J connectivity index is 1.74. The highest BCUT2D eigenvalue weighted by atomic mass is 35.5. The maximum Gasteiger partial charge on any atom is 0.251 e. The molecule has 0 aliphatic carbocycles. The summed E-state index contributed by atoms with van der Waals surface area (Å²) in [5, 5.41) is 3.67. The van der Waals surface area contributed by atoms with Gasteiger partial charge in [0.2, 0.25) is 0 Å². The Morgan fingerprint density at radius 2 is 1.96 bits per heavy atom. The minimum atomic E-state index is -0.135. The molecule has 0 unspecified atom stereocenters. The summed E-state index contributed by atoms with van der Waals surface area (Å²) in [6, 6.07) is 13.0. The van der Waals surface area contributed by atoms with Crippen molar-refractivity contribution in [2.24, 2.45) is 0 Å². The molecule has 3 aromatic rings. The lowest BCUT2D eigenvalue weighted by atomic mass is 10.1. The lowest BCUT2D eigenvalue weighted by Gasteiger charge is -2.26. The molecule has 0 aliphatic rings. The van der Waals surface area contributed by atoms with Crippen molar-refractivity contribution >= 4 is 40.3 Å². The molecule has 0 saturated carbocycles. The number of amides is 1. The average molecular weight is 361 g/mol. The fourth-order valence-electron chi connectivity index (χ4n) is 2.53. The van der Waals surface area contributed by atoms with Crippen LogP contribution in [0.4, 0.5) is 0 Å². The first-order chi connectivity index (χ1) is 11.6. The first kappa shape index (κ1) is 16.8. The molecule has 124 valence electrons. The van der Waals surface area contributed by atoms with E-state index in [0.717, 1.165) is 28.3 Å². The van der Waals surface area contributed by atoms with Crippen molar-refractivity contribution in [3.05, 3.63) is 58.6 Å². The van der Waals surface area contributed by atoms with E-state index in [1.165, 1.54) is 0 Å². The Morgan fingerprint density at radius 1 is 1.21 bits per heavy atom. The topological polar surface area (TPSA) is 58.1 Å². The van der Waals surface area contributed by atoms with Gasteiger partial charge in [-0.2, -0.15) is 8.75 Å². The summed E-state index contributed by atoms with van der Waals surface area (Å²) in [6.45, 7) is 0.461. The van der Waals surface area contributed by atoms with E-state index >= 15 is 0 Å². The van der Waals surface area contributed by atoms with Gasteiger partial charge in [-0.25, -0.2) is 0 Å². The predicted octanol–water partition coefficient (Wildman–Crippen LogP) is 3.38. The maximum atomic E-state index is 12.4. The fourth-order valence-corrected chi connectivity index (χ4v) is 3.31. The maximum absolute atomic E-state index is 12.4. The number of carbonyl (C=O) groups excluding carboxylic acids is 1. The van der Waals surface area contributed by atoms with Crippen molar-refractivity contribution in [3.8, 4) is 0 Å². The van der Waals surface area contributed by atoms with E-state index < -0.39 is 0 Å². The van der Waals surface area contributed by atoms with Gasteiger partial charge >= 0.3 is 0 Å². The molecule has 3 rings (SSSR count). The molecule has 0 spiro atoms. The van der Waals surface area contributed by atoms with Gasteiger partial charge in [-0.3, -0.25) is 4.79 Å². The summed E-state index contributed by atoms with van der Waals surface area (Å²) < 4.78 is 8.31. The van der Waals surface area contributed by atoms with E-state index in [-0.39, 0.29) is 11.9 Å². The number of benzene rings is 2. The Labute approximate surface area is 149 Å². The molecule has 1 aromatic heterocycles. The Hall–Kier alpha value is -2.02. The van der Waals surface area contributed by atoms with Gasteiger partial charge in [0, 0.05) is 17.1 Å². The number of aromatic nitrogens is 2. The van der Waals surface area contributed by atoms with Gasteiger partial charge in [0.25, 0.3) is 5.91 Å². The molecule has 2 aromatic carbocycles. The Morgan fingerprint density at radius 3 is 2.71 bits per heavy atom. The average Bonchev–Trinajstić information content (AvgIpc) is 3.03. The van der Waals surface area contributed by atoms with Gasteiger partial charge in [0.1, 0.15) is 11.0 Å². The van der Waals surface area contributed by atoms with Gasteiger partial charge in [-0.15, -0.1) is 0 Å². The van der Waals surface area contributed by atoms with Crippen LogP contribution in [0, 0.1) is 0 Å². The molecule has 1 atom stereocenters. The van der Waals surface area contributed by atoms with Crippen LogP contribution in [0.25, 0.3) is 11.0 Å². The number of carbonyl (C=O) groups is 1. The number of rotatable bonds is 5. The molecule has 1 N–H and O–H groups in total. The summed E-state index contributed by atoms with van der Waals surface area (Å²) in [5.74, 6) is -0.135. The zero-order valence-corrected chi connectivity index (χ0v) is 14.9. The van der Waals surface area contributed by atoms with Crippen molar-refractivity contribution in [3.63, 3.8) is 0 Å². The van der Waals surface area contributed by atoms with Crippen LogP contribution in [-0.2, 0) is 0 Å². The number of halogens is 1. The highest BCUT2D eigenvalue weighted by molar-refractivity contribution is 7.00. The van der Waals surface area contributed by atoms with Crippen LogP contribution in [0.15, 0.2) is 42.5 Å². The summed E-state index contributed by atoms with van der Waals surface area (Å²) in [7, 11) is 3.93. The van der Waals surface area contributed by atoms with E-state index in [1.54, 1.807) is 12.1 Å². The van der Waals surface area contributed by atoms with Crippen LogP contribution in [0.2, 0.25) is 5.02 Å². The largest absolute Gasteiger partial charge is 0.350 e. The second-order valence-corrected chi connectivity index (χ2v) is 6.61. The molecule has 24 heavy (non-hydrogen) atoms. The lowest BCUT2D eigenvalue weighted by molar-refractivity contribution is 0.0942. The van der Waals surface area contributed by atoms with Crippen molar-refractivity contribution in [2.45, 2.75) is 6.04 Å². The minimum Gasteiger partial charge on any atom is -0.350 e. The van der Waals surface area contributed by atoms with Crippen molar-refractivity contribution in [1.82, 2.24) is 19.0 Å². The molecule has 0 radical (unpaired) electrons. The molecule has 0 saturated heterocycles. The standard InChI is InChI=1S/C17H17ClN4OS/c1-22(2)16(12-5-3-4-6-13(12)18)10-19-17(23)11-7-8-14-15(9-11)21-24-20-14/h3-9,16H,10H2,1-2H3,(H,19,23)/t16-/m0/s1. The van der Waals surface area contributed by atoms with E-state index in [1.807, 2.05) is 49.3 Å². The van der Waals surface area contributed by atoms with Crippen LogP contribution < -0.4 is 5.32 Å². The van der Waals surface area contributed by atoms with Gasteiger partial charge in [0.05, 0.1) is 17.8 Å². The van der Waals surface area contributed by atoms with E-state index in [0.29, 0.717) is 17.1 Å². The zero-order chi connectivity index (χ0) is 17.1. The van der Waals surface area contributed by atoms with Crippen LogP contribution in [0.5, 0.6) is 0 Å². The van der Waals surface area contributed by atoms with Crippen LogP contribution >= 0.6 is 23.3 Å². The zero-order valence-electron chi connectivity index (χ0n) is 13.4. The fraction of sp³-hybridized carbons (Fsp3) is 0.235. The van der Waals surface area contributed by atoms with Crippen molar-refractivity contribution in [2.75, 3.05) is 20.6 Å². The van der Waals surface area contributed by atoms with Gasteiger partial charge in [-0.05, 0) is 43.9 Å². The monoisotopic (exact) mass is 360 g/mol. The molecular weight excluding hydrogens is 344 g/mol. The molecule has 5 nitrogen and oxygen atoms in total. The van der Waals surface area contributed by atoms with Crippen molar-refractivity contribution in [1.29, 1.82) is 0 Å². The number of fused-ring (bicyclic) bond motifs is 1. The molecule has 0 fully saturated rings. The van der Waals surface area contributed by atoms with Crippen LogP contribution in [0.1, 0.15) is 22.0 Å². The summed E-state index contributed by atoms with van der Waals surface area (Å²) in [6.07, 6.45) is 0. The molecule has 0 bridgehead atoms. The molecule has 1 amide bonds. The number of nitrogens with one attached hydrogen (secondary N) is 1. The third-order valence-electron chi connectivity index (χ3n) is 3.86. The summed E-state index contributed by atoms with van der Waals surface area (Å²) in [4.78, 5) is 14.5. The number of hydrogen-bond donors (Lipinski definition) is 1. The second-order valence-electron chi connectivity index (χ2n) is 5.68. The highest BCUT2D eigenvalue weighted by Gasteiger charge is 2.18. The summed E-state index contributed by atoms with van der Waals surface area (Å²) in [5.41, 5.74) is 3.11. The van der Waals surface area contributed by atoms with E-state index in [4.69, 9.17) is 11.6 Å². The predicted molar refractivity (Wildman–Crippen MR) is 97.6 cm³/mol. The third-order valence-corrected chi connectivity index (χ3v) is 4.76. The number of hydrogen-bond acceptors (Lipinski definition) is 5. The minimum absolute atomic E-state index is 0.00711. The molecule has 7 heteroatoms. The molecule has 0 aliphatic heterocycles.